The third kappa shape index (κ3) is 3.20. The van der Waals surface area contributed by atoms with Gasteiger partial charge in [-0.3, -0.25) is 4.79 Å². The number of hydrogen-bond acceptors (Lipinski definition) is 4. The molecule has 2 rings (SSSR count). The van der Waals surface area contributed by atoms with Gasteiger partial charge in [0.15, 0.2) is 0 Å². The Morgan fingerprint density at radius 3 is 2.70 bits per heavy atom. The molecular weight excluding hydrogens is 254 g/mol. The minimum atomic E-state index is -0.0541. The monoisotopic (exact) mass is 279 g/mol. The van der Waals surface area contributed by atoms with E-state index in [0.29, 0.717) is 17.7 Å². The summed E-state index contributed by atoms with van der Waals surface area (Å²) < 4.78 is 5.27. The maximum absolute atomic E-state index is 12.4. The molecule has 5 heteroatoms. The third-order valence-electron chi connectivity index (χ3n) is 4.32. The van der Waals surface area contributed by atoms with Crippen LogP contribution in [0.4, 0.5) is 0 Å². The molecule has 1 N–H and O–H groups in total. The Kier molecular flexibility index (Phi) is 5.17. The summed E-state index contributed by atoms with van der Waals surface area (Å²) in [4.78, 5) is 14.2. The minimum Gasteiger partial charge on any atom is -0.351 e. The SMILES string of the molecule is CCC(CC)c1cc(C(=O)N(C)C2CCNCC2)on1. The van der Waals surface area contributed by atoms with E-state index in [1.165, 1.54) is 0 Å². The molecule has 2 heterocycles. The molecule has 1 saturated heterocycles. The molecule has 0 atom stereocenters. The van der Waals surface area contributed by atoms with Crippen LogP contribution in [0.2, 0.25) is 0 Å². The van der Waals surface area contributed by atoms with Crippen LogP contribution in [0.1, 0.15) is 61.7 Å². The minimum absolute atomic E-state index is 0.0541. The van der Waals surface area contributed by atoms with Gasteiger partial charge in [-0.05, 0) is 38.8 Å². The number of aromatic nitrogens is 1. The van der Waals surface area contributed by atoms with Crippen molar-refractivity contribution in [2.24, 2.45) is 0 Å². The van der Waals surface area contributed by atoms with Crippen molar-refractivity contribution in [3.05, 3.63) is 17.5 Å². The zero-order valence-electron chi connectivity index (χ0n) is 12.7. The lowest BCUT2D eigenvalue weighted by atomic mass is 9.99. The highest BCUT2D eigenvalue weighted by Crippen LogP contribution is 2.23. The average molecular weight is 279 g/mol. The second-order valence-corrected chi connectivity index (χ2v) is 5.53. The summed E-state index contributed by atoms with van der Waals surface area (Å²) >= 11 is 0. The molecule has 0 bridgehead atoms. The Morgan fingerprint density at radius 1 is 1.45 bits per heavy atom. The smallest absolute Gasteiger partial charge is 0.292 e. The molecular formula is C15H25N3O2. The molecule has 0 aliphatic carbocycles. The Labute approximate surface area is 120 Å². The highest BCUT2D eigenvalue weighted by molar-refractivity contribution is 5.91. The molecule has 1 fully saturated rings. The molecule has 0 radical (unpaired) electrons. The van der Waals surface area contributed by atoms with Crippen LogP contribution in [0.15, 0.2) is 10.6 Å². The van der Waals surface area contributed by atoms with E-state index in [1.54, 1.807) is 4.90 Å². The fourth-order valence-corrected chi connectivity index (χ4v) is 2.82. The lowest BCUT2D eigenvalue weighted by molar-refractivity contribution is 0.0661. The van der Waals surface area contributed by atoms with Gasteiger partial charge in [-0.25, -0.2) is 0 Å². The molecule has 1 aliphatic heterocycles. The van der Waals surface area contributed by atoms with Crippen molar-refractivity contribution in [3.63, 3.8) is 0 Å². The Bertz CT molecular complexity index is 434. The van der Waals surface area contributed by atoms with Crippen molar-refractivity contribution < 1.29 is 9.32 Å². The van der Waals surface area contributed by atoms with Gasteiger partial charge in [0, 0.05) is 25.1 Å². The molecule has 1 aromatic heterocycles. The number of piperidine rings is 1. The normalized spacial score (nSPS) is 16.6. The van der Waals surface area contributed by atoms with E-state index in [-0.39, 0.29) is 5.91 Å². The fraction of sp³-hybridized carbons (Fsp3) is 0.733. The quantitative estimate of drug-likeness (QED) is 0.899. The van der Waals surface area contributed by atoms with E-state index in [1.807, 2.05) is 13.1 Å². The van der Waals surface area contributed by atoms with E-state index in [0.717, 1.165) is 44.5 Å². The number of amides is 1. The van der Waals surface area contributed by atoms with Crippen molar-refractivity contribution >= 4 is 5.91 Å². The van der Waals surface area contributed by atoms with E-state index in [4.69, 9.17) is 4.52 Å². The molecule has 0 unspecified atom stereocenters. The maximum atomic E-state index is 12.4. The molecule has 20 heavy (non-hydrogen) atoms. The zero-order chi connectivity index (χ0) is 14.5. The predicted molar refractivity (Wildman–Crippen MR) is 77.8 cm³/mol. The predicted octanol–water partition coefficient (Wildman–Crippen LogP) is 2.40. The number of carbonyl (C=O) groups is 1. The second kappa shape index (κ2) is 6.88. The van der Waals surface area contributed by atoms with Gasteiger partial charge in [0.25, 0.3) is 5.91 Å². The molecule has 5 nitrogen and oxygen atoms in total. The number of nitrogens with zero attached hydrogens (tertiary/aromatic N) is 2. The van der Waals surface area contributed by atoms with Crippen LogP contribution < -0.4 is 5.32 Å². The van der Waals surface area contributed by atoms with Crippen molar-refractivity contribution in [3.8, 4) is 0 Å². The Balaban J connectivity index is 2.04. The molecule has 1 aromatic rings. The van der Waals surface area contributed by atoms with Crippen LogP contribution in [-0.4, -0.2) is 42.1 Å². The zero-order valence-corrected chi connectivity index (χ0v) is 12.7. The first-order valence-electron chi connectivity index (χ1n) is 7.61. The standard InChI is InChI=1S/C15H25N3O2/c1-4-11(5-2)13-10-14(20-17-13)15(19)18(3)12-6-8-16-9-7-12/h10-12,16H,4-9H2,1-3H3. The Morgan fingerprint density at radius 2 is 2.10 bits per heavy atom. The van der Waals surface area contributed by atoms with Crippen LogP contribution in [0.5, 0.6) is 0 Å². The topological polar surface area (TPSA) is 58.4 Å². The maximum Gasteiger partial charge on any atom is 0.292 e. The van der Waals surface area contributed by atoms with Crippen LogP contribution in [-0.2, 0) is 0 Å². The summed E-state index contributed by atoms with van der Waals surface area (Å²) in [6.07, 6.45) is 4.02. The van der Waals surface area contributed by atoms with E-state index in [9.17, 15) is 4.79 Å². The van der Waals surface area contributed by atoms with Gasteiger partial charge < -0.3 is 14.7 Å². The molecule has 112 valence electrons. The largest absolute Gasteiger partial charge is 0.351 e. The van der Waals surface area contributed by atoms with E-state index in [2.05, 4.69) is 24.3 Å². The van der Waals surface area contributed by atoms with Gasteiger partial charge in [-0.2, -0.15) is 0 Å². The van der Waals surface area contributed by atoms with E-state index < -0.39 is 0 Å². The number of carbonyl (C=O) groups excluding carboxylic acids is 1. The summed E-state index contributed by atoms with van der Waals surface area (Å²) in [6, 6.07) is 2.11. The number of nitrogens with one attached hydrogen (secondary N) is 1. The van der Waals surface area contributed by atoms with Gasteiger partial charge in [0.05, 0.1) is 5.69 Å². The van der Waals surface area contributed by atoms with Gasteiger partial charge in [-0.15, -0.1) is 0 Å². The van der Waals surface area contributed by atoms with E-state index >= 15 is 0 Å². The molecule has 1 amide bonds. The first kappa shape index (κ1) is 15.0. The third-order valence-corrected chi connectivity index (χ3v) is 4.32. The Hall–Kier alpha value is -1.36. The van der Waals surface area contributed by atoms with Crippen molar-refractivity contribution in [2.45, 2.75) is 51.5 Å². The van der Waals surface area contributed by atoms with Crippen LogP contribution in [0.3, 0.4) is 0 Å². The second-order valence-electron chi connectivity index (χ2n) is 5.53. The van der Waals surface area contributed by atoms with Crippen molar-refractivity contribution in [2.75, 3.05) is 20.1 Å². The first-order chi connectivity index (χ1) is 9.67. The van der Waals surface area contributed by atoms with Gasteiger partial charge >= 0.3 is 0 Å². The summed E-state index contributed by atoms with van der Waals surface area (Å²) in [7, 11) is 1.86. The molecule has 0 aromatic carbocycles. The lowest BCUT2D eigenvalue weighted by Crippen LogP contribution is -2.43. The molecule has 0 spiro atoms. The average Bonchev–Trinajstić information content (AvgIpc) is 2.97. The lowest BCUT2D eigenvalue weighted by Gasteiger charge is -2.30. The van der Waals surface area contributed by atoms with Gasteiger partial charge in [-0.1, -0.05) is 19.0 Å². The van der Waals surface area contributed by atoms with Crippen LogP contribution in [0.25, 0.3) is 0 Å². The molecule has 0 saturated carbocycles. The summed E-state index contributed by atoms with van der Waals surface area (Å²) in [5, 5.41) is 7.38. The highest BCUT2D eigenvalue weighted by Gasteiger charge is 2.26. The van der Waals surface area contributed by atoms with Crippen LogP contribution in [0, 0.1) is 0 Å². The number of rotatable bonds is 5. The summed E-state index contributed by atoms with van der Waals surface area (Å²) in [6.45, 7) is 6.20. The van der Waals surface area contributed by atoms with Crippen LogP contribution >= 0.6 is 0 Å². The summed E-state index contributed by atoms with van der Waals surface area (Å²) in [5.74, 6) is 0.694. The molecule has 1 aliphatic rings. The number of hydrogen-bond donors (Lipinski definition) is 1. The first-order valence-corrected chi connectivity index (χ1v) is 7.61. The van der Waals surface area contributed by atoms with Gasteiger partial charge in [0.2, 0.25) is 5.76 Å². The van der Waals surface area contributed by atoms with Crippen molar-refractivity contribution in [1.82, 2.24) is 15.4 Å². The fourth-order valence-electron chi connectivity index (χ4n) is 2.82. The highest BCUT2D eigenvalue weighted by atomic mass is 16.5. The van der Waals surface area contributed by atoms with Crippen molar-refractivity contribution in [1.29, 1.82) is 0 Å². The van der Waals surface area contributed by atoms with Gasteiger partial charge in [0.1, 0.15) is 0 Å². The summed E-state index contributed by atoms with van der Waals surface area (Å²) in [5.41, 5.74) is 0.900.